The van der Waals surface area contributed by atoms with Gasteiger partial charge in [0, 0.05) is 21.3 Å². The van der Waals surface area contributed by atoms with Gasteiger partial charge in [0.25, 0.3) is 11.7 Å². The van der Waals surface area contributed by atoms with Crippen LogP contribution in [0.2, 0.25) is 0 Å². The third-order valence-corrected chi connectivity index (χ3v) is 6.66. The van der Waals surface area contributed by atoms with Crippen molar-refractivity contribution in [2.24, 2.45) is 5.14 Å². The van der Waals surface area contributed by atoms with Gasteiger partial charge in [-0.1, -0.05) is 46.3 Å². The highest BCUT2D eigenvalue weighted by molar-refractivity contribution is 9.10. The Balaban J connectivity index is 1.94. The molecule has 3 aromatic rings. The second-order valence-electron chi connectivity index (χ2n) is 7.24. The maximum absolute atomic E-state index is 14.8. The zero-order valence-electron chi connectivity index (χ0n) is 16.8. The number of aliphatic hydroxyl groups excluding tert-OH is 1. The van der Waals surface area contributed by atoms with E-state index < -0.39 is 39.3 Å². The number of carbonyl (C=O) groups is 2. The van der Waals surface area contributed by atoms with Crippen molar-refractivity contribution in [3.8, 4) is 0 Å². The molecular weight excluding hydrogens is 515 g/mol. The van der Waals surface area contributed by atoms with E-state index in [0.29, 0.717) is 0 Å². The van der Waals surface area contributed by atoms with Gasteiger partial charge < -0.3 is 5.11 Å². The SMILES string of the molecule is NS(=O)(=O)c1ccc(N2C(=O)C(=O)/C(=C(/O)c3ccc(Br)cc3)C2c2ccccc2F)cc1. The molecule has 1 amide bonds. The standard InChI is InChI=1S/C23H16BrFN2O5S/c24-14-7-5-13(6-8-14)21(28)19-20(17-3-1-2-4-18(17)25)27(23(30)22(19)29)15-9-11-16(12-10-15)33(26,31)32/h1-12,20,28H,(H2,26,31,32)/b21-19+. The molecule has 33 heavy (non-hydrogen) atoms. The lowest BCUT2D eigenvalue weighted by atomic mass is 9.94. The van der Waals surface area contributed by atoms with E-state index in [0.717, 1.165) is 9.37 Å². The molecular formula is C23H16BrFN2O5S. The molecule has 4 rings (SSSR count). The van der Waals surface area contributed by atoms with Gasteiger partial charge in [0.15, 0.2) is 0 Å². The summed E-state index contributed by atoms with van der Waals surface area (Å²) in [6.45, 7) is 0. The Morgan fingerprint density at radius 2 is 1.58 bits per heavy atom. The van der Waals surface area contributed by atoms with Crippen molar-refractivity contribution >= 4 is 49.1 Å². The quantitative estimate of drug-likeness (QED) is 0.301. The van der Waals surface area contributed by atoms with Gasteiger partial charge in [-0.2, -0.15) is 0 Å². The number of amides is 1. The van der Waals surface area contributed by atoms with Crippen molar-refractivity contribution in [2.45, 2.75) is 10.9 Å². The molecule has 3 N–H and O–H groups in total. The average Bonchev–Trinajstić information content (AvgIpc) is 3.04. The molecule has 1 unspecified atom stereocenters. The fourth-order valence-electron chi connectivity index (χ4n) is 3.65. The molecule has 3 aromatic carbocycles. The highest BCUT2D eigenvalue weighted by Crippen LogP contribution is 2.43. The molecule has 10 heteroatoms. The lowest BCUT2D eigenvalue weighted by Gasteiger charge is -2.25. The average molecular weight is 531 g/mol. The fraction of sp³-hybridized carbons (Fsp3) is 0.0435. The van der Waals surface area contributed by atoms with Crippen molar-refractivity contribution in [1.82, 2.24) is 0 Å². The number of carbonyl (C=O) groups excluding carboxylic acids is 2. The highest BCUT2D eigenvalue weighted by atomic mass is 79.9. The van der Waals surface area contributed by atoms with E-state index in [2.05, 4.69) is 15.9 Å². The summed E-state index contributed by atoms with van der Waals surface area (Å²) >= 11 is 3.29. The summed E-state index contributed by atoms with van der Waals surface area (Å²) < 4.78 is 38.7. The number of rotatable bonds is 4. The molecule has 0 radical (unpaired) electrons. The van der Waals surface area contributed by atoms with Crippen LogP contribution in [-0.2, 0) is 19.6 Å². The van der Waals surface area contributed by atoms with Crippen LogP contribution in [0.15, 0.2) is 87.7 Å². The minimum atomic E-state index is -3.99. The van der Waals surface area contributed by atoms with Crippen LogP contribution in [0.5, 0.6) is 0 Å². The molecule has 0 saturated carbocycles. The zero-order chi connectivity index (χ0) is 23.9. The minimum Gasteiger partial charge on any atom is -0.507 e. The zero-order valence-corrected chi connectivity index (χ0v) is 19.2. The van der Waals surface area contributed by atoms with Crippen LogP contribution >= 0.6 is 15.9 Å². The molecule has 1 aliphatic rings. The van der Waals surface area contributed by atoms with Gasteiger partial charge in [0.1, 0.15) is 11.6 Å². The Morgan fingerprint density at radius 1 is 0.970 bits per heavy atom. The summed E-state index contributed by atoms with van der Waals surface area (Å²) in [5, 5.41) is 16.1. The first kappa shape index (κ1) is 22.8. The van der Waals surface area contributed by atoms with Gasteiger partial charge in [-0.05, 0) is 42.5 Å². The molecule has 0 spiro atoms. The van der Waals surface area contributed by atoms with Gasteiger partial charge in [0.05, 0.1) is 16.5 Å². The third kappa shape index (κ3) is 4.20. The van der Waals surface area contributed by atoms with Crippen molar-refractivity contribution < 1.29 is 27.5 Å². The second kappa shape index (κ2) is 8.54. The highest BCUT2D eigenvalue weighted by Gasteiger charge is 2.47. The molecule has 1 fully saturated rings. The molecule has 1 atom stereocenters. The first-order valence-electron chi connectivity index (χ1n) is 9.54. The van der Waals surface area contributed by atoms with E-state index in [1.807, 2.05) is 0 Å². The summed E-state index contributed by atoms with van der Waals surface area (Å²) in [4.78, 5) is 26.9. The van der Waals surface area contributed by atoms with Gasteiger partial charge in [-0.15, -0.1) is 0 Å². The molecule has 0 aromatic heterocycles. The van der Waals surface area contributed by atoms with Crippen LogP contribution < -0.4 is 10.0 Å². The predicted molar refractivity (Wildman–Crippen MR) is 123 cm³/mol. The van der Waals surface area contributed by atoms with Gasteiger partial charge in [-0.25, -0.2) is 17.9 Å². The number of sulfonamides is 1. The molecule has 7 nitrogen and oxygen atoms in total. The van der Waals surface area contributed by atoms with Gasteiger partial charge in [-0.3, -0.25) is 14.5 Å². The minimum absolute atomic E-state index is 0.00844. The maximum atomic E-state index is 14.8. The number of halogens is 2. The van der Waals surface area contributed by atoms with Crippen molar-refractivity contribution in [1.29, 1.82) is 0 Å². The van der Waals surface area contributed by atoms with E-state index >= 15 is 0 Å². The Morgan fingerprint density at radius 3 is 2.15 bits per heavy atom. The summed E-state index contributed by atoms with van der Waals surface area (Å²) in [6.07, 6.45) is 0. The van der Waals surface area contributed by atoms with E-state index in [-0.39, 0.29) is 27.3 Å². The van der Waals surface area contributed by atoms with Crippen molar-refractivity contribution in [2.75, 3.05) is 4.90 Å². The van der Waals surface area contributed by atoms with E-state index in [1.54, 1.807) is 30.3 Å². The number of anilines is 1. The Hall–Kier alpha value is -3.34. The van der Waals surface area contributed by atoms with Crippen LogP contribution in [0.25, 0.3) is 5.76 Å². The summed E-state index contributed by atoms with van der Waals surface area (Å²) in [5.41, 5.74) is 0.101. The number of nitrogens with zero attached hydrogens (tertiary/aromatic N) is 1. The molecule has 0 aliphatic carbocycles. The number of nitrogens with two attached hydrogens (primary N) is 1. The lowest BCUT2D eigenvalue weighted by molar-refractivity contribution is -0.132. The number of hydrogen-bond donors (Lipinski definition) is 2. The third-order valence-electron chi connectivity index (χ3n) is 5.21. The molecule has 1 aliphatic heterocycles. The normalized spacial score (nSPS) is 18.0. The predicted octanol–water partition coefficient (Wildman–Crippen LogP) is 3.86. The number of aliphatic hydroxyl groups is 1. The summed E-state index contributed by atoms with van der Waals surface area (Å²) in [5.74, 6) is -3.14. The number of primary sulfonamides is 1. The monoisotopic (exact) mass is 530 g/mol. The van der Waals surface area contributed by atoms with Crippen LogP contribution in [-0.4, -0.2) is 25.2 Å². The van der Waals surface area contributed by atoms with Gasteiger partial charge >= 0.3 is 0 Å². The van der Waals surface area contributed by atoms with Crippen molar-refractivity contribution in [3.05, 3.63) is 99.8 Å². The number of hydrogen-bond acceptors (Lipinski definition) is 5. The molecule has 1 heterocycles. The lowest BCUT2D eigenvalue weighted by Crippen LogP contribution is -2.30. The fourth-order valence-corrected chi connectivity index (χ4v) is 4.43. The van der Waals surface area contributed by atoms with Crippen LogP contribution in [0.4, 0.5) is 10.1 Å². The van der Waals surface area contributed by atoms with Crippen LogP contribution in [0.1, 0.15) is 17.2 Å². The van der Waals surface area contributed by atoms with Gasteiger partial charge in [0.2, 0.25) is 10.0 Å². The number of benzene rings is 3. The topological polar surface area (TPSA) is 118 Å². The van der Waals surface area contributed by atoms with Crippen LogP contribution in [0.3, 0.4) is 0 Å². The first-order valence-corrected chi connectivity index (χ1v) is 11.9. The first-order chi connectivity index (χ1) is 15.6. The largest absolute Gasteiger partial charge is 0.507 e. The maximum Gasteiger partial charge on any atom is 0.300 e. The molecule has 168 valence electrons. The second-order valence-corrected chi connectivity index (χ2v) is 9.71. The Labute approximate surface area is 197 Å². The van der Waals surface area contributed by atoms with Crippen LogP contribution in [0, 0.1) is 5.82 Å². The van der Waals surface area contributed by atoms with E-state index in [4.69, 9.17) is 5.14 Å². The van der Waals surface area contributed by atoms with Crippen molar-refractivity contribution in [3.63, 3.8) is 0 Å². The summed E-state index contributed by atoms with van der Waals surface area (Å²) in [6, 6.07) is 15.6. The molecule has 1 saturated heterocycles. The summed E-state index contributed by atoms with van der Waals surface area (Å²) in [7, 11) is -3.99. The molecule has 0 bridgehead atoms. The number of ketones is 1. The van der Waals surface area contributed by atoms with E-state index in [1.165, 1.54) is 42.5 Å². The number of Topliss-reactive ketones (excluding diaryl/α,β-unsaturated/α-hetero) is 1. The Kier molecular flexibility index (Phi) is 5.91. The Bertz CT molecular complexity index is 1400. The smallest absolute Gasteiger partial charge is 0.300 e. The van der Waals surface area contributed by atoms with E-state index in [9.17, 15) is 27.5 Å².